The van der Waals surface area contributed by atoms with Gasteiger partial charge in [0.2, 0.25) is 0 Å². The average molecular weight is 1390 g/mol. The van der Waals surface area contributed by atoms with Crippen molar-refractivity contribution in [3.63, 3.8) is 0 Å². The molecule has 0 fully saturated rings. The molecule has 0 unspecified atom stereocenters. The van der Waals surface area contributed by atoms with Gasteiger partial charge in [-0.1, -0.05) is 380 Å². The first-order valence-corrected chi connectivity index (χ1v) is 36.2. The molecule has 20 aromatic carbocycles. The van der Waals surface area contributed by atoms with Crippen molar-refractivity contribution in [2.24, 2.45) is 0 Å². The second-order valence-electron chi connectivity index (χ2n) is 26.8. The zero-order valence-corrected chi connectivity index (χ0v) is 58.4. The molecule has 20 rings (SSSR count). The average Bonchev–Trinajstić information content (AvgIpc) is 0.741. The highest BCUT2D eigenvalue weighted by Crippen LogP contribution is 2.46. The number of hydrogen-bond donors (Lipinski definition) is 2. The molecule has 2 N–H and O–H groups in total. The first kappa shape index (κ1) is 63.6. The van der Waals surface area contributed by atoms with E-state index in [0.29, 0.717) is 5.46 Å². The molecule has 2 nitrogen and oxygen atoms in total. The molecule has 104 heavy (non-hydrogen) atoms. The molecule has 0 atom stereocenters. The minimum Gasteiger partial charge on any atom is -0.423 e. The maximum atomic E-state index is 10.2. The van der Waals surface area contributed by atoms with Crippen LogP contribution < -0.4 is 5.46 Å². The molecule has 4 heteroatoms. The highest BCUT2D eigenvalue weighted by molar-refractivity contribution is 9.10. The Labute approximate surface area is 612 Å². The zero-order chi connectivity index (χ0) is 69.6. The minimum atomic E-state index is -1.54. The SMILES string of the molecule is Brc1ccc(-c2ccc3c(ccc4ccccc43)c2)cc1.OB(O)c1c2ccccc2c(-c2ccc(-c3cccc4ccccc34)cc2)c2ccccc12.c1ccc2c(-c3ccc(-c4c5ccccc5c(-c5ccc(-c6ccc7c(ccc8ccccc87)c6)cc5)c5ccccc45)cc3)cccc2c1. The zero-order valence-electron chi connectivity index (χ0n) is 56.8. The molecule has 0 spiro atoms. The van der Waals surface area contributed by atoms with Gasteiger partial charge in [0.1, 0.15) is 0 Å². The van der Waals surface area contributed by atoms with Crippen molar-refractivity contribution in [1.82, 2.24) is 0 Å². The van der Waals surface area contributed by atoms with Crippen LogP contribution in [0.4, 0.5) is 0 Å². The van der Waals surface area contributed by atoms with Crippen LogP contribution in [-0.4, -0.2) is 17.2 Å². The van der Waals surface area contributed by atoms with Crippen molar-refractivity contribution in [1.29, 1.82) is 0 Å². The van der Waals surface area contributed by atoms with E-state index in [-0.39, 0.29) is 0 Å². The van der Waals surface area contributed by atoms with Gasteiger partial charge in [-0.25, -0.2) is 0 Å². The highest BCUT2D eigenvalue weighted by atomic mass is 79.9. The van der Waals surface area contributed by atoms with Crippen molar-refractivity contribution in [2.45, 2.75) is 0 Å². The van der Waals surface area contributed by atoms with E-state index < -0.39 is 7.12 Å². The van der Waals surface area contributed by atoms with Crippen LogP contribution in [0, 0.1) is 0 Å². The van der Waals surface area contributed by atoms with E-state index in [9.17, 15) is 10.0 Å². The van der Waals surface area contributed by atoms with Crippen molar-refractivity contribution >= 4 is 136 Å². The first-order valence-electron chi connectivity index (χ1n) is 35.4. The van der Waals surface area contributed by atoms with Crippen molar-refractivity contribution in [3.8, 4) is 77.9 Å². The molecular weight excluding hydrogens is 1320 g/mol. The van der Waals surface area contributed by atoms with Crippen molar-refractivity contribution in [2.75, 3.05) is 0 Å². The van der Waals surface area contributed by atoms with Gasteiger partial charge in [0.05, 0.1) is 0 Å². The third-order valence-corrected chi connectivity index (χ3v) is 21.4. The summed E-state index contributed by atoms with van der Waals surface area (Å²) in [6.45, 7) is 0. The smallest absolute Gasteiger partial charge is 0.423 e. The number of halogens is 1. The number of hydrogen-bond acceptors (Lipinski definition) is 2. The largest absolute Gasteiger partial charge is 0.489 e. The third-order valence-electron chi connectivity index (χ3n) is 20.9. The summed E-state index contributed by atoms with van der Waals surface area (Å²) < 4.78 is 1.11. The van der Waals surface area contributed by atoms with Gasteiger partial charge in [0.25, 0.3) is 0 Å². The van der Waals surface area contributed by atoms with Gasteiger partial charge in [0.15, 0.2) is 0 Å². The number of benzene rings is 20. The van der Waals surface area contributed by atoms with Gasteiger partial charge < -0.3 is 10.0 Å². The number of rotatable bonds is 8. The summed E-state index contributed by atoms with van der Waals surface area (Å²) in [5.74, 6) is 0. The van der Waals surface area contributed by atoms with Crippen LogP contribution in [0.3, 0.4) is 0 Å². The molecule has 0 bridgehead atoms. The summed E-state index contributed by atoms with van der Waals surface area (Å²) in [4.78, 5) is 0. The summed E-state index contributed by atoms with van der Waals surface area (Å²) in [6, 6.07) is 139. The Balaban J connectivity index is 0.000000122. The van der Waals surface area contributed by atoms with Crippen LogP contribution in [-0.2, 0) is 0 Å². The maximum absolute atomic E-state index is 10.2. The van der Waals surface area contributed by atoms with E-state index in [2.05, 4.69) is 368 Å². The molecule has 20 aromatic rings. The molecule has 0 amide bonds. The fourth-order valence-electron chi connectivity index (χ4n) is 15.9. The maximum Gasteiger partial charge on any atom is 0.489 e. The van der Waals surface area contributed by atoms with E-state index >= 15 is 0 Å². The van der Waals surface area contributed by atoms with Crippen LogP contribution in [0.5, 0.6) is 0 Å². The Bertz CT molecular complexity index is 6560. The van der Waals surface area contributed by atoms with Crippen LogP contribution in [0.25, 0.3) is 186 Å². The molecule has 0 aliphatic heterocycles. The molecule has 488 valence electrons. The first-order chi connectivity index (χ1) is 51.3. The van der Waals surface area contributed by atoms with E-state index in [1.807, 2.05) is 36.4 Å². The quantitative estimate of drug-likeness (QED) is 0.0904. The fraction of sp³-hybridized carbons (Fsp3) is 0. The van der Waals surface area contributed by atoms with E-state index in [1.54, 1.807) is 0 Å². The van der Waals surface area contributed by atoms with Gasteiger partial charge >= 0.3 is 7.12 Å². The Kier molecular flexibility index (Phi) is 16.8. The minimum absolute atomic E-state index is 0.553. The van der Waals surface area contributed by atoms with Gasteiger partial charge in [-0.15, -0.1) is 0 Å². The fourth-order valence-corrected chi connectivity index (χ4v) is 16.2. The Morgan fingerprint density at radius 1 is 0.173 bits per heavy atom. The summed E-state index contributed by atoms with van der Waals surface area (Å²) in [5.41, 5.74) is 17.6. The predicted molar refractivity (Wildman–Crippen MR) is 450 cm³/mol. The molecular formula is C100H66BBrO2. The van der Waals surface area contributed by atoms with Crippen molar-refractivity contribution in [3.05, 3.63) is 393 Å². The topological polar surface area (TPSA) is 40.5 Å². The second-order valence-corrected chi connectivity index (χ2v) is 27.7. The normalized spacial score (nSPS) is 11.4. The van der Waals surface area contributed by atoms with Crippen LogP contribution in [0.1, 0.15) is 0 Å². The van der Waals surface area contributed by atoms with E-state index in [0.717, 1.165) is 37.1 Å². The molecule has 0 aromatic heterocycles. The molecule has 0 aliphatic carbocycles. The van der Waals surface area contributed by atoms with Crippen LogP contribution in [0.15, 0.2) is 393 Å². The lowest BCUT2D eigenvalue weighted by molar-refractivity contribution is 0.426. The summed E-state index contributed by atoms with van der Waals surface area (Å²) in [5, 5.41) is 44.6. The summed E-state index contributed by atoms with van der Waals surface area (Å²) in [6.07, 6.45) is 0. The molecule has 0 heterocycles. The molecule has 0 saturated heterocycles. The standard InChI is InChI=1S/C50H32.C30H21BO2.C20H13Br/c1-3-13-41-34(10-1)12-9-19-43(41)36-22-27-38(28-23-36)50-47-17-7-5-15-45(47)49(46-16-6-8-18-48(46)50)37-25-20-33(21-26-37)39-30-31-44-40(32-39)29-24-35-11-2-4-14-42(35)44;32-31(33)30-27-13-5-3-11-25(27)29(26-12-4-6-14-28(26)30)22-18-16-21(17-19-22)24-15-7-9-20-8-1-2-10-23(20)24;21-18-10-7-14(8-11-18)16-9-12-20-17(13-16)6-5-15-3-1-2-4-19(15)20/h1-32H;1-19,32-33H;1-13H. The predicted octanol–water partition coefficient (Wildman–Crippen LogP) is 26.7. The van der Waals surface area contributed by atoms with Gasteiger partial charge in [-0.2, -0.15) is 0 Å². The highest BCUT2D eigenvalue weighted by Gasteiger charge is 2.23. The Morgan fingerprint density at radius 3 is 0.769 bits per heavy atom. The lowest BCUT2D eigenvalue weighted by atomic mass is 9.72. The van der Waals surface area contributed by atoms with Gasteiger partial charge in [-0.05, 0) is 215 Å². The van der Waals surface area contributed by atoms with Gasteiger partial charge in [-0.3, -0.25) is 0 Å². The van der Waals surface area contributed by atoms with Gasteiger partial charge in [0, 0.05) is 4.47 Å². The Morgan fingerprint density at radius 2 is 0.413 bits per heavy atom. The molecule has 0 radical (unpaired) electrons. The molecule has 0 saturated carbocycles. The summed E-state index contributed by atoms with van der Waals surface area (Å²) in [7, 11) is -1.54. The summed E-state index contributed by atoms with van der Waals surface area (Å²) >= 11 is 3.48. The van der Waals surface area contributed by atoms with Crippen LogP contribution >= 0.6 is 15.9 Å². The molecule has 0 aliphatic rings. The monoisotopic (exact) mass is 1390 g/mol. The lowest BCUT2D eigenvalue weighted by Crippen LogP contribution is -2.31. The van der Waals surface area contributed by atoms with Crippen LogP contribution in [0.2, 0.25) is 0 Å². The van der Waals surface area contributed by atoms with E-state index in [4.69, 9.17) is 0 Å². The Hall–Kier alpha value is -12.5. The third kappa shape index (κ3) is 11.8. The number of fused-ring (bicyclic) bond motifs is 12. The lowest BCUT2D eigenvalue weighted by Gasteiger charge is -2.18. The van der Waals surface area contributed by atoms with Crippen molar-refractivity contribution < 1.29 is 10.0 Å². The second kappa shape index (κ2) is 27.4. The van der Waals surface area contributed by atoms with E-state index in [1.165, 1.54) is 153 Å².